The third kappa shape index (κ3) is 4.19. The van der Waals surface area contributed by atoms with Crippen LogP contribution in [-0.2, 0) is 12.8 Å². The molecule has 1 heterocycles. The first-order chi connectivity index (χ1) is 10.0. The highest BCUT2D eigenvalue weighted by Crippen LogP contribution is 2.26. The summed E-state index contributed by atoms with van der Waals surface area (Å²) in [7, 11) is 1.94. The van der Waals surface area contributed by atoms with Crippen LogP contribution in [0.25, 0.3) is 0 Å². The summed E-state index contributed by atoms with van der Waals surface area (Å²) >= 11 is 12.3. The van der Waals surface area contributed by atoms with Gasteiger partial charge in [0.05, 0.1) is 0 Å². The van der Waals surface area contributed by atoms with Crippen molar-refractivity contribution in [1.29, 1.82) is 0 Å². The van der Waals surface area contributed by atoms with E-state index in [1.165, 1.54) is 0 Å². The third-order valence-electron chi connectivity index (χ3n) is 3.48. The van der Waals surface area contributed by atoms with Gasteiger partial charge in [-0.15, -0.1) is 0 Å². The zero-order valence-electron chi connectivity index (χ0n) is 12.4. The predicted octanol–water partition coefficient (Wildman–Crippen LogP) is 3.75. The fourth-order valence-electron chi connectivity index (χ4n) is 2.16. The van der Waals surface area contributed by atoms with Crippen molar-refractivity contribution in [1.82, 2.24) is 15.5 Å². The van der Waals surface area contributed by atoms with Crippen LogP contribution in [0.4, 0.5) is 0 Å². The summed E-state index contributed by atoms with van der Waals surface area (Å²) in [5.41, 5.74) is 0.821. The van der Waals surface area contributed by atoms with E-state index in [1.54, 1.807) is 12.1 Å². The Morgan fingerprint density at radius 3 is 2.48 bits per heavy atom. The van der Waals surface area contributed by atoms with Gasteiger partial charge in [0.1, 0.15) is 0 Å². The minimum absolute atomic E-state index is 0.308. The van der Waals surface area contributed by atoms with Crippen LogP contribution in [-0.4, -0.2) is 23.2 Å². The van der Waals surface area contributed by atoms with Gasteiger partial charge in [0, 0.05) is 28.9 Å². The summed E-state index contributed by atoms with van der Waals surface area (Å²) in [5, 5.41) is 8.50. The minimum Gasteiger partial charge on any atom is -0.339 e. The molecule has 21 heavy (non-hydrogen) atoms. The van der Waals surface area contributed by atoms with Crippen LogP contribution >= 0.6 is 23.2 Å². The number of halogens is 2. The second-order valence-electron chi connectivity index (χ2n) is 5.32. The molecule has 0 aliphatic carbocycles. The van der Waals surface area contributed by atoms with Gasteiger partial charge in [0.2, 0.25) is 5.89 Å². The van der Waals surface area contributed by atoms with Crippen molar-refractivity contribution in [2.45, 2.75) is 32.7 Å². The Balaban J connectivity index is 2.10. The highest BCUT2D eigenvalue weighted by molar-refractivity contribution is 6.36. The maximum Gasteiger partial charge on any atom is 0.228 e. The second-order valence-corrected chi connectivity index (χ2v) is 6.14. The molecule has 2 aromatic rings. The molecule has 0 spiro atoms. The van der Waals surface area contributed by atoms with Crippen LogP contribution in [0.15, 0.2) is 22.7 Å². The monoisotopic (exact) mass is 327 g/mol. The highest BCUT2D eigenvalue weighted by atomic mass is 35.5. The lowest BCUT2D eigenvalue weighted by atomic mass is 10.0. The minimum atomic E-state index is 0.308. The fraction of sp³-hybridized carbons (Fsp3) is 0.467. The van der Waals surface area contributed by atoms with Gasteiger partial charge in [-0.1, -0.05) is 48.3 Å². The first-order valence-electron chi connectivity index (χ1n) is 6.93. The van der Waals surface area contributed by atoms with Crippen molar-refractivity contribution in [2.75, 3.05) is 7.05 Å². The average molecular weight is 328 g/mol. The van der Waals surface area contributed by atoms with Crippen molar-refractivity contribution < 1.29 is 4.52 Å². The Kier molecular flexibility index (Phi) is 5.62. The molecule has 0 amide bonds. The van der Waals surface area contributed by atoms with E-state index < -0.39 is 0 Å². The molecule has 2 rings (SSSR count). The topological polar surface area (TPSA) is 51.0 Å². The Labute approximate surface area is 134 Å². The maximum absolute atomic E-state index is 6.15. The zero-order valence-corrected chi connectivity index (χ0v) is 13.9. The molecule has 114 valence electrons. The quantitative estimate of drug-likeness (QED) is 0.877. The molecule has 6 heteroatoms. The Hall–Kier alpha value is -1.10. The number of rotatable bonds is 6. The van der Waals surface area contributed by atoms with Gasteiger partial charge in [0.25, 0.3) is 0 Å². The normalized spacial score (nSPS) is 12.9. The first-order valence-corrected chi connectivity index (χ1v) is 7.68. The fourth-order valence-corrected chi connectivity index (χ4v) is 2.69. The molecule has 0 saturated heterocycles. The van der Waals surface area contributed by atoms with Crippen molar-refractivity contribution in [2.24, 2.45) is 5.92 Å². The summed E-state index contributed by atoms with van der Waals surface area (Å²) in [4.78, 5) is 4.42. The van der Waals surface area contributed by atoms with Gasteiger partial charge >= 0.3 is 0 Å². The lowest BCUT2D eigenvalue weighted by Crippen LogP contribution is -2.32. The summed E-state index contributed by atoms with van der Waals surface area (Å²) < 4.78 is 5.31. The molecule has 0 aliphatic rings. The van der Waals surface area contributed by atoms with E-state index >= 15 is 0 Å². The summed E-state index contributed by atoms with van der Waals surface area (Å²) in [6, 6.07) is 5.73. The lowest BCUT2D eigenvalue weighted by molar-refractivity contribution is 0.333. The van der Waals surface area contributed by atoms with Crippen molar-refractivity contribution >= 4 is 23.2 Å². The molecule has 0 bridgehead atoms. The standard InChI is InChI=1S/C15H19Cl2N3O/c1-9(2)13(18-3)8-15-19-14(20-21-15)7-10-11(16)5-4-6-12(10)17/h4-6,9,13,18H,7-8H2,1-3H3. The predicted molar refractivity (Wildman–Crippen MR) is 85.0 cm³/mol. The highest BCUT2D eigenvalue weighted by Gasteiger charge is 2.17. The Bertz CT molecular complexity index is 578. The molecular weight excluding hydrogens is 309 g/mol. The summed E-state index contributed by atoms with van der Waals surface area (Å²) in [5.74, 6) is 1.71. The molecule has 0 aliphatic heterocycles. The van der Waals surface area contributed by atoms with Crippen molar-refractivity contribution in [3.05, 3.63) is 45.5 Å². The summed E-state index contributed by atoms with van der Waals surface area (Å²) in [6.07, 6.45) is 1.17. The number of likely N-dealkylation sites (N-methyl/N-ethyl adjacent to an activating group) is 1. The van der Waals surface area contributed by atoms with Gasteiger partial charge in [0.15, 0.2) is 5.82 Å². The second kappa shape index (κ2) is 7.25. The van der Waals surface area contributed by atoms with Gasteiger partial charge in [-0.05, 0) is 30.7 Å². The van der Waals surface area contributed by atoms with Crippen LogP contribution in [0.5, 0.6) is 0 Å². The molecule has 0 saturated carbocycles. The van der Waals surface area contributed by atoms with Crippen molar-refractivity contribution in [3.8, 4) is 0 Å². The lowest BCUT2D eigenvalue weighted by Gasteiger charge is -2.17. The smallest absolute Gasteiger partial charge is 0.228 e. The van der Waals surface area contributed by atoms with Crippen LogP contribution in [0, 0.1) is 5.92 Å². The van der Waals surface area contributed by atoms with E-state index in [1.807, 2.05) is 13.1 Å². The maximum atomic E-state index is 6.15. The largest absolute Gasteiger partial charge is 0.339 e. The van der Waals surface area contributed by atoms with E-state index in [0.29, 0.717) is 46.6 Å². The molecule has 1 atom stereocenters. The molecular formula is C15H19Cl2N3O. The van der Waals surface area contributed by atoms with Gasteiger partial charge in [-0.2, -0.15) is 4.98 Å². The van der Waals surface area contributed by atoms with Gasteiger partial charge < -0.3 is 9.84 Å². The molecule has 0 fully saturated rings. The van der Waals surface area contributed by atoms with Crippen LogP contribution in [0.1, 0.15) is 31.1 Å². The van der Waals surface area contributed by atoms with E-state index in [4.69, 9.17) is 27.7 Å². The van der Waals surface area contributed by atoms with E-state index in [0.717, 1.165) is 5.56 Å². The Morgan fingerprint density at radius 1 is 1.24 bits per heavy atom. The Morgan fingerprint density at radius 2 is 1.90 bits per heavy atom. The van der Waals surface area contributed by atoms with Gasteiger partial charge in [-0.3, -0.25) is 0 Å². The van der Waals surface area contributed by atoms with Gasteiger partial charge in [-0.25, -0.2) is 0 Å². The number of nitrogens with one attached hydrogen (secondary N) is 1. The van der Waals surface area contributed by atoms with E-state index in [-0.39, 0.29) is 0 Å². The van der Waals surface area contributed by atoms with Crippen molar-refractivity contribution in [3.63, 3.8) is 0 Å². The molecule has 1 aromatic carbocycles. The SMILES string of the molecule is CNC(Cc1nc(Cc2c(Cl)cccc2Cl)no1)C(C)C. The average Bonchev–Trinajstić information content (AvgIpc) is 2.87. The molecule has 4 nitrogen and oxygen atoms in total. The van der Waals surface area contributed by atoms with Crippen LogP contribution in [0.3, 0.4) is 0 Å². The molecule has 1 unspecified atom stereocenters. The molecule has 1 N–H and O–H groups in total. The number of hydrogen-bond acceptors (Lipinski definition) is 4. The first kappa shape index (κ1) is 16.3. The molecule has 1 aromatic heterocycles. The summed E-state index contributed by atoms with van der Waals surface area (Å²) in [6.45, 7) is 4.31. The van der Waals surface area contributed by atoms with Crippen LogP contribution in [0.2, 0.25) is 10.0 Å². The number of hydrogen-bond donors (Lipinski definition) is 1. The molecule has 0 radical (unpaired) electrons. The number of benzene rings is 1. The number of nitrogens with zero attached hydrogens (tertiary/aromatic N) is 2. The third-order valence-corrected chi connectivity index (χ3v) is 4.19. The number of aromatic nitrogens is 2. The zero-order chi connectivity index (χ0) is 15.4. The van der Waals surface area contributed by atoms with E-state index in [9.17, 15) is 0 Å². The van der Waals surface area contributed by atoms with Crippen LogP contribution < -0.4 is 5.32 Å². The van der Waals surface area contributed by atoms with E-state index in [2.05, 4.69) is 29.3 Å².